The Morgan fingerprint density at radius 3 is 0.993 bits per heavy atom. The Balaban J connectivity index is 0.000000339. The number of hydrogen-bond acceptors (Lipinski definition) is 12. The van der Waals surface area contributed by atoms with Crippen LogP contribution >= 0.6 is 0 Å². The standard InChI is InChI=1S/C22H34O2.2C21H30O2.C21H32O2.C19H26O2.C19H28O2/c1-6-7-8-12-19-15-21(23)20(22(16-19)24-5)14-13-18(4)11-9-10-17(2)3;1-5-6-7-10-17-14-19(22)18-11-13-21(4,23-20(18)15-17)12-8-9-16(2)3;1-5-6-7-8-16-12-19(22)21(20(23)13-16)18-11-15(4)9-10-17(18)14(2)3;1-5-6-7-11-18-14-20(22)19(21(23)15-18)13-12-17(4)10-8-9-16(2)3;1-5-7-15-12-17(20)16-9-11-19(4,21-18(16)13-15)10-6-8-14(2)3;1-5-7-16-12-18(20)17(19(21)13-16)11-10-15(4)9-6-8-14(2)3/h10,13,15-16,23H,6-9,11-12,14H2,1-5H3;9,11,13-15,22H,5-8,10,12H2,1-4H3;11-13,17-18,22-23H,2,5-10H2,1,3-4H3;9,12,14-15,22-23H,5-8,10-11,13H2,1-4H3;8-9,11-13,20H,5-7,10H2,1-4H3;8,10,12-13,20-21H,5-7,9,11H2,1-4H3/b18-13+;;;17-12+;;15-10+/t;;17-,18+;;;/m..0.../s1. The molecule has 6 aromatic rings. The number of benzene rings is 6. The lowest BCUT2D eigenvalue weighted by molar-refractivity contribution is 0.127. The van der Waals surface area contributed by atoms with E-state index < -0.39 is 0 Å². The number of fused-ring (bicyclic) bond motifs is 2. The average Bonchev–Trinajstić information content (AvgIpc) is 0.793. The zero-order chi connectivity index (χ0) is 100. The lowest BCUT2D eigenvalue weighted by atomic mass is 9.73. The third-order valence-electron chi connectivity index (χ3n) is 25.1. The van der Waals surface area contributed by atoms with E-state index in [0.29, 0.717) is 53.2 Å². The maximum absolute atomic E-state index is 10.5. The second-order valence-corrected chi connectivity index (χ2v) is 39.8. The third-order valence-corrected chi connectivity index (χ3v) is 25.1. The third kappa shape index (κ3) is 44.2. The molecule has 2 unspecified atom stereocenters. The molecule has 3 aliphatic rings. The van der Waals surface area contributed by atoms with Gasteiger partial charge in [-0.2, -0.15) is 0 Å². The second-order valence-electron chi connectivity index (χ2n) is 39.8. The molecule has 135 heavy (non-hydrogen) atoms. The summed E-state index contributed by atoms with van der Waals surface area (Å²) >= 11 is 0. The van der Waals surface area contributed by atoms with Gasteiger partial charge in [-0.1, -0.05) is 223 Å². The van der Waals surface area contributed by atoms with Crippen LogP contribution in [0, 0.1) is 5.92 Å². The van der Waals surface area contributed by atoms with Crippen LogP contribution in [0.3, 0.4) is 0 Å². The fourth-order valence-electron chi connectivity index (χ4n) is 17.0. The summed E-state index contributed by atoms with van der Waals surface area (Å²) in [7, 11) is 1.68. The van der Waals surface area contributed by atoms with E-state index in [4.69, 9.17) is 14.2 Å². The number of hydrogen-bond donors (Lipinski definition) is 9. The summed E-state index contributed by atoms with van der Waals surface area (Å²) in [6.07, 6.45) is 63.7. The molecule has 9 rings (SSSR count). The number of ether oxygens (including phenoxy) is 3. The summed E-state index contributed by atoms with van der Waals surface area (Å²) in [4.78, 5) is 0. The molecule has 4 atom stereocenters. The van der Waals surface area contributed by atoms with Crippen LogP contribution in [0.4, 0.5) is 0 Å². The highest BCUT2D eigenvalue weighted by Crippen LogP contribution is 2.48. The van der Waals surface area contributed by atoms with Gasteiger partial charge in [-0.15, -0.1) is 0 Å². The van der Waals surface area contributed by atoms with Gasteiger partial charge in [-0.05, 0) is 415 Å². The molecule has 0 bridgehead atoms. The summed E-state index contributed by atoms with van der Waals surface area (Å²) in [5, 5.41) is 92.4. The molecule has 0 radical (unpaired) electrons. The number of allylic oxidation sites excluding steroid dienone is 19. The van der Waals surface area contributed by atoms with Crippen LogP contribution in [0.15, 0.2) is 202 Å². The normalized spacial score (nSPS) is 15.7. The quantitative estimate of drug-likeness (QED) is 0.0129. The SMILES string of the molecule is C=C(C)[C@@H]1CCC(C)=C[C@H]1c1c(O)cc(CCCCC)cc1O.CCCCCc1cc(O)c(C/C=C(\C)CCC=C(C)C)c(O)c1.CCCCCc1cc(O)c(C/C=C(\C)CCC=C(C)C)c(OC)c1.CCCCCc1cc(O)c2c(c1)OC(C)(CCC=C(C)C)C=C2.CCCc1cc(O)c(C/C=C(\C)CCC=C(C)C)c(O)c1.CCCc1cc(O)c2c(c1)OC(C)(CCC=C(C)C)C=C2. The van der Waals surface area contributed by atoms with E-state index in [2.05, 4.69) is 244 Å². The highest BCUT2D eigenvalue weighted by molar-refractivity contribution is 5.69. The molecule has 6 aromatic carbocycles. The predicted octanol–water partition coefficient (Wildman–Crippen LogP) is 34.9. The van der Waals surface area contributed by atoms with E-state index in [0.717, 1.165) is 227 Å². The molecule has 12 nitrogen and oxygen atoms in total. The highest BCUT2D eigenvalue weighted by atomic mass is 16.5. The monoisotopic (exact) mass is 1850 g/mol. The fraction of sp³-hybridized carbons (Fsp3) is 0.512. The first-order chi connectivity index (χ1) is 64.1. The molecule has 2 heterocycles. The Hall–Kier alpha value is -10.2. The first kappa shape index (κ1) is 117. The summed E-state index contributed by atoms with van der Waals surface area (Å²) in [6, 6.07) is 22.7. The van der Waals surface area contributed by atoms with Crippen molar-refractivity contribution in [2.45, 2.75) is 401 Å². The first-order valence-corrected chi connectivity index (χ1v) is 51.1. The van der Waals surface area contributed by atoms with Gasteiger partial charge in [-0.25, -0.2) is 0 Å². The number of methoxy groups -OCH3 is 1. The summed E-state index contributed by atoms with van der Waals surface area (Å²) in [6.45, 7) is 53.0. The minimum absolute atomic E-state index is 0.0194. The van der Waals surface area contributed by atoms with Crippen LogP contribution in [0.25, 0.3) is 12.2 Å². The molecule has 9 N–H and O–H groups in total. The van der Waals surface area contributed by atoms with Gasteiger partial charge in [0.1, 0.15) is 80.2 Å². The van der Waals surface area contributed by atoms with Crippen molar-refractivity contribution in [3.63, 3.8) is 0 Å². The summed E-state index contributed by atoms with van der Waals surface area (Å²) < 4.78 is 18.0. The molecule has 1 aliphatic carbocycles. The van der Waals surface area contributed by atoms with E-state index >= 15 is 0 Å². The molecule has 0 aromatic heterocycles. The Morgan fingerprint density at radius 2 is 0.667 bits per heavy atom. The molecule has 12 heteroatoms. The molecular weight excluding hydrogens is 1670 g/mol. The Labute approximate surface area is 819 Å². The first-order valence-electron chi connectivity index (χ1n) is 51.1. The van der Waals surface area contributed by atoms with Gasteiger partial charge in [0.25, 0.3) is 0 Å². The number of unbranched alkanes of at least 4 members (excludes halogenated alkanes) is 8. The molecule has 0 spiro atoms. The molecule has 744 valence electrons. The van der Waals surface area contributed by atoms with Crippen molar-refractivity contribution in [1.29, 1.82) is 0 Å². The largest absolute Gasteiger partial charge is 0.508 e. The van der Waals surface area contributed by atoms with Crippen molar-refractivity contribution in [3.8, 4) is 69.0 Å². The molecular formula is C123H180O12. The fourth-order valence-corrected chi connectivity index (χ4v) is 17.0. The van der Waals surface area contributed by atoms with E-state index in [1.165, 1.54) is 102 Å². The molecule has 2 aliphatic heterocycles. The van der Waals surface area contributed by atoms with Gasteiger partial charge in [0.05, 0.1) is 18.2 Å². The van der Waals surface area contributed by atoms with Crippen molar-refractivity contribution in [2.24, 2.45) is 5.92 Å². The molecule has 0 saturated carbocycles. The van der Waals surface area contributed by atoms with Gasteiger partial charge >= 0.3 is 0 Å². The average molecular weight is 1850 g/mol. The van der Waals surface area contributed by atoms with Gasteiger partial charge in [0, 0.05) is 28.2 Å². The van der Waals surface area contributed by atoms with Gasteiger partial charge in [-0.3, -0.25) is 0 Å². The van der Waals surface area contributed by atoms with Crippen LogP contribution in [-0.2, 0) is 57.8 Å². The van der Waals surface area contributed by atoms with E-state index in [9.17, 15) is 46.0 Å². The van der Waals surface area contributed by atoms with Crippen molar-refractivity contribution in [1.82, 2.24) is 0 Å². The number of aryl methyl sites for hydroxylation is 6. The lowest BCUT2D eigenvalue weighted by Crippen LogP contribution is -2.31. The minimum atomic E-state index is -0.298. The molecule has 0 fully saturated rings. The van der Waals surface area contributed by atoms with Crippen LogP contribution in [0.5, 0.6) is 69.0 Å². The smallest absolute Gasteiger partial charge is 0.131 e. The number of rotatable bonds is 44. The Kier molecular flexibility index (Phi) is 54.2. The highest BCUT2D eigenvalue weighted by Gasteiger charge is 2.32. The van der Waals surface area contributed by atoms with Crippen molar-refractivity contribution in [3.05, 3.63) is 269 Å². The summed E-state index contributed by atoms with van der Waals surface area (Å²) in [5.41, 5.74) is 23.4. The van der Waals surface area contributed by atoms with Crippen LogP contribution in [0.1, 0.15) is 399 Å². The van der Waals surface area contributed by atoms with Gasteiger partial charge < -0.3 is 60.2 Å². The Morgan fingerprint density at radius 1 is 0.370 bits per heavy atom. The van der Waals surface area contributed by atoms with Crippen molar-refractivity contribution < 1.29 is 60.2 Å². The van der Waals surface area contributed by atoms with Crippen molar-refractivity contribution >= 4 is 12.2 Å². The maximum atomic E-state index is 10.5. The van der Waals surface area contributed by atoms with Gasteiger partial charge in [0.2, 0.25) is 0 Å². The minimum Gasteiger partial charge on any atom is -0.508 e. The van der Waals surface area contributed by atoms with Crippen LogP contribution in [-0.4, -0.2) is 64.3 Å². The van der Waals surface area contributed by atoms with Gasteiger partial charge in [0.15, 0.2) is 0 Å². The molecule has 0 amide bonds. The van der Waals surface area contributed by atoms with Crippen molar-refractivity contribution in [2.75, 3.05) is 7.11 Å². The maximum Gasteiger partial charge on any atom is 0.131 e. The summed E-state index contributed by atoms with van der Waals surface area (Å²) in [5.74, 6) is 5.00. The zero-order valence-corrected chi connectivity index (χ0v) is 88.3. The number of phenolic OH excluding ortho intramolecular Hbond substituents is 9. The lowest BCUT2D eigenvalue weighted by Gasteiger charge is -2.32. The van der Waals surface area contributed by atoms with E-state index in [1.54, 1.807) is 31.4 Å². The van der Waals surface area contributed by atoms with E-state index in [-0.39, 0.29) is 57.5 Å². The number of aromatic hydroxyl groups is 9. The number of phenols is 9. The predicted molar refractivity (Wildman–Crippen MR) is 577 cm³/mol. The van der Waals surface area contributed by atoms with E-state index in [1.807, 2.05) is 49.4 Å². The second kappa shape index (κ2) is 62.5. The van der Waals surface area contributed by atoms with Crippen LogP contribution < -0.4 is 14.2 Å². The Bertz CT molecular complexity index is 4930. The molecule has 0 saturated heterocycles. The van der Waals surface area contributed by atoms with Crippen LogP contribution in [0.2, 0.25) is 0 Å². The topological polar surface area (TPSA) is 210 Å². The zero-order valence-electron chi connectivity index (χ0n) is 88.3.